The molecule has 0 fully saturated rings. The maximum atomic E-state index is 12.7. The molecule has 0 spiro atoms. The topological polar surface area (TPSA) is 78.9 Å². The molecule has 0 aromatic carbocycles. The van der Waals surface area contributed by atoms with Crippen LogP contribution in [0.5, 0.6) is 0 Å². The Hall–Kier alpha value is -2.11. The fraction of sp³-hybridized carbons (Fsp3) is 0.848. The van der Waals surface area contributed by atoms with Gasteiger partial charge in [0.2, 0.25) is 0 Å². The van der Waals surface area contributed by atoms with Crippen LogP contribution >= 0.6 is 0 Å². The monoisotopic (exact) mass is 733 g/mol. The van der Waals surface area contributed by atoms with Gasteiger partial charge in [0.05, 0.1) is 0 Å². The van der Waals surface area contributed by atoms with Crippen LogP contribution in [0.3, 0.4) is 0 Å². The number of hydrogen-bond acceptors (Lipinski definition) is 6. The molecule has 0 aromatic heterocycles. The van der Waals surface area contributed by atoms with Gasteiger partial charge >= 0.3 is 17.9 Å². The number of esters is 3. The second kappa shape index (κ2) is 41.6. The minimum Gasteiger partial charge on any atom is -0.462 e. The summed E-state index contributed by atoms with van der Waals surface area (Å²) in [4.78, 5) is 37.6. The van der Waals surface area contributed by atoms with Crippen LogP contribution in [0.25, 0.3) is 0 Å². The first kappa shape index (κ1) is 49.9. The SMILES string of the molecule is CCCC/C=C\CCCCCCCC(=O)OC(COC(=O)CCCCCCC/C=C\CCCCCCCC)COC(=O)CCCCCCCCCC. The highest BCUT2D eigenvalue weighted by Crippen LogP contribution is 2.14. The lowest BCUT2D eigenvalue weighted by Crippen LogP contribution is -2.30. The molecule has 1 atom stereocenters. The van der Waals surface area contributed by atoms with Crippen LogP contribution in [0.1, 0.15) is 233 Å². The highest BCUT2D eigenvalue weighted by atomic mass is 16.6. The van der Waals surface area contributed by atoms with E-state index in [2.05, 4.69) is 45.1 Å². The molecular formula is C46H84O6. The van der Waals surface area contributed by atoms with Gasteiger partial charge in [-0.05, 0) is 64.2 Å². The number of carbonyl (C=O) groups excluding carboxylic acids is 3. The molecule has 0 aliphatic carbocycles. The molecule has 0 aliphatic heterocycles. The first-order valence-corrected chi connectivity index (χ1v) is 22.3. The summed E-state index contributed by atoms with van der Waals surface area (Å²) in [6.45, 7) is 6.55. The molecule has 6 heteroatoms. The van der Waals surface area contributed by atoms with Crippen molar-refractivity contribution in [1.82, 2.24) is 0 Å². The molecule has 52 heavy (non-hydrogen) atoms. The molecule has 0 saturated heterocycles. The van der Waals surface area contributed by atoms with Crippen LogP contribution in [0.2, 0.25) is 0 Å². The Balaban J connectivity index is 4.33. The smallest absolute Gasteiger partial charge is 0.306 e. The van der Waals surface area contributed by atoms with Gasteiger partial charge in [-0.15, -0.1) is 0 Å². The van der Waals surface area contributed by atoms with E-state index in [4.69, 9.17) is 14.2 Å². The van der Waals surface area contributed by atoms with Crippen LogP contribution < -0.4 is 0 Å². The normalized spacial score (nSPS) is 12.1. The molecule has 0 saturated carbocycles. The largest absolute Gasteiger partial charge is 0.462 e. The maximum absolute atomic E-state index is 12.7. The van der Waals surface area contributed by atoms with Crippen LogP contribution in [0, 0.1) is 0 Å². The second-order valence-corrected chi connectivity index (χ2v) is 15.0. The highest BCUT2D eigenvalue weighted by Gasteiger charge is 2.19. The molecule has 0 bridgehead atoms. The summed E-state index contributed by atoms with van der Waals surface area (Å²) in [5.41, 5.74) is 0. The van der Waals surface area contributed by atoms with Crippen molar-refractivity contribution in [3.63, 3.8) is 0 Å². The van der Waals surface area contributed by atoms with Gasteiger partial charge in [-0.3, -0.25) is 14.4 Å². The van der Waals surface area contributed by atoms with E-state index in [1.54, 1.807) is 0 Å². The lowest BCUT2D eigenvalue weighted by molar-refractivity contribution is -0.167. The molecule has 1 unspecified atom stereocenters. The third kappa shape index (κ3) is 39.1. The van der Waals surface area contributed by atoms with E-state index >= 15 is 0 Å². The van der Waals surface area contributed by atoms with Crippen molar-refractivity contribution >= 4 is 17.9 Å². The predicted octanol–water partition coefficient (Wildman–Crippen LogP) is 14.0. The minimum absolute atomic E-state index is 0.0753. The van der Waals surface area contributed by atoms with E-state index in [1.165, 1.54) is 116 Å². The standard InChI is InChI=1S/C46H84O6/c1-4-7-10-13-16-19-21-22-23-24-26-27-30-33-36-39-45(48)51-42-43(41-50-44(47)38-35-32-29-18-15-12-9-6-3)52-46(49)40-37-34-31-28-25-20-17-14-11-8-5-2/h14,17,22-23,43H,4-13,15-16,18-21,24-42H2,1-3H3/b17-14-,23-22-. The zero-order valence-corrected chi connectivity index (χ0v) is 34.6. The molecule has 0 radical (unpaired) electrons. The molecular weight excluding hydrogens is 649 g/mol. The van der Waals surface area contributed by atoms with Crippen molar-refractivity contribution in [3.05, 3.63) is 24.3 Å². The molecule has 0 heterocycles. The summed E-state index contributed by atoms with van der Waals surface area (Å²) < 4.78 is 16.6. The first-order valence-electron chi connectivity index (χ1n) is 22.3. The van der Waals surface area contributed by atoms with Crippen molar-refractivity contribution < 1.29 is 28.6 Å². The fourth-order valence-corrected chi connectivity index (χ4v) is 6.24. The fourth-order valence-electron chi connectivity index (χ4n) is 6.24. The molecule has 304 valence electrons. The molecule has 6 nitrogen and oxygen atoms in total. The van der Waals surface area contributed by atoms with E-state index in [0.29, 0.717) is 19.3 Å². The summed E-state index contributed by atoms with van der Waals surface area (Å²) in [6, 6.07) is 0. The van der Waals surface area contributed by atoms with Gasteiger partial charge < -0.3 is 14.2 Å². The third-order valence-electron chi connectivity index (χ3n) is 9.68. The van der Waals surface area contributed by atoms with Gasteiger partial charge in [-0.1, -0.05) is 173 Å². The number of allylic oxidation sites excluding steroid dienone is 4. The van der Waals surface area contributed by atoms with E-state index in [9.17, 15) is 14.4 Å². The van der Waals surface area contributed by atoms with Gasteiger partial charge in [-0.25, -0.2) is 0 Å². The van der Waals surface area contributed by atoms with Crippen molar-refractivity contribution in [1.29, 1.82) is 0 Å². The number of carbonyl (C=O) groups is 3. The zero-order chi connectivity index (χ0) is 38.0. The summed E-state index contributed by atoms with van der Waals surface area (Å²) in [5.74, 6) is -0.896. The molecule has 0 aromatic rings. The predicted molar refractivity (Wildman–Crippen MR) is 219 cm³/mol. The Morgan fingerprint density at radius 1 is 0.365 bits per heavy atom. The van der Waals surface area contributed by atoms with Gasteiger partial charge in [-0.2, -0.15) is 0 Å². The number of unbranched alkanes of at least 4 members (excludes halogenated alkanes) is 25. The lowest BCUT2D eigenvalue weighted by Gasteiger charge is -2.18. The Kier molecular flexibility index (Phi) is 40.0. The average molecular weight is 733 g/mol. The maximum Gasteiger partial charge on any atom is 0.306 e. The Labute approximate surface area is 322 Å². The number of rotatable bonds is 40. The first-order chi connectivity index (χ1) is 25.5. The molecule has 0 amide bonds. The van der Waals surface area contributed by atoms with Gasteiger partial charge in [0.15, 0.2) is 6.10 Å². The van der Waals surface area contributed by atoms with Crippen molar-refractivity contribution in [2.45, 2.75) is 239 Å². The van der Waals surface area contributed by atoms with Crippen LogP contribution in [-0.2, 0) is 28.6 Å². The minimum atomic E-state index is -0.771. The molecule has 0 aliphatic rings. The third-order valence-corrected chi connectivity index (χ3v) is 9.68. The van der Waals surface area contributed by atoms with Crippen molar-refractivity contribution in [2.75, 3.05) is 13.2 Å². The average Bonchev–Trinajstić information content (AvgIpc) is 3.14. The van der Waals surface area contributed by atoms with Gasteiger partial charge in [0, 0.05) is 19.3 Å². The summed E-state index contributed by atoms with van der Waals surface area (Å²) in [7, 11) is 0. The van der Waals surface area contributed by atoms with Crippen molar-refractivity contribution in [3.8, 4) is 0 Å². The highest BCUT2D eigenvalue weighted by molar-refractivity contribution is 5.71. The Bertz CT molecular complexity index is 850. The van der Waals surface area contributed by atoms with Crippen LogP contribution in [0.4, 0.5) is 0 Å². The second-order valence-electron chi connectivity index (χ2n) is 15.0. The van der Waals surface area contributed by atoms with E-state index in [0.717, 1.165) is 77.0 Å². The van der Waals surface area contributed by atoms with E-state index in [-0.39, 0.29) is 31.1 Å². The quantitative estimate of drug-likeness (QED) is 0.0270. The van der Waals surface area contributed by atoms with Gasteiger partial charge in [0.25, 0.3) is 0 Å². The number of hydrogen-bond donors (Lipinski definition) is 0. The van der Waals surface area contributed by atoms with Crippen LogP contribution in [-0.4, -0.2) is 37.2 Å². The lowest BCUT2D eigenvalue weighted by atomic mass is 10.1. The Morgan fingerprint density at radius 2 is 0.654 bits per heavy atom. The van der Waals surface area contributed by atoms with Crippen LogP contribution in [0.15, 0.2) is 24.3 Å². The molecule has 0 N–H and O–H groups in total. The van der Waals surface area contributed by atoms with Gasteiger partial charge in [0.1, 0.15) is 13.2 Å². The van der Waals surface area contributed by atoms with E-state index < -0.39 is 6.10 Å². The summed E-state index contributed by atoms with van der Waals surface area (Å²) >= 11 is 0. The summed E-state index contributed by atoms with van der Waals surface area (Å²) in [6.07, 6.45) is 44.5. The molecule has 0 rings (SSSR count). The summed E-state index contributed by atoms with van der Waals surface area (Å²) in [5, 5.41) is 0. The Morgan fingerprint density at radius 3 is 1.02 bits per heavy atom. The van der Waals surface area contributed by atoms with E-state index in [1.807, 2.05) is 0 Å². The number of ether oxygens (including phenoxy) is 3. The van der Waals surface area contributed by atoms with Crippen molar-refractivity contribution in [2.24, 2.45) is 0 Å². The zero-order valence-electron chi connectivity index (χ0n) is 34.6.